The molecule has 4 heterocycles. The Morgan fingerprint density at radius 3 is 2.43 bits per heavy atom. The van der Waals surface area contributed by atoms with Crippen molar-refractivity contribution in [3.05, 3.63) is 33.9 Å². The molecule has 3 aliphatic rings. The normalized spacial score (nSPS) is 23.0. The summed E-state index contributed by atoms with van der Waals surface area (Å²) in [6, 6.07) is 2.59. The molecule has 1 spiro atoms. The van der Waals surface area contributed by atoms with Crippen molar-refractivity contribution in [2.24, 2.45) is 5.41 Å². The Bertz CT molecular complexity index is 836. The molecule has 1 N–H and O–H groups in total. The van der Waals surface area contributed by atoms with E-state index in [1.807, 2.05) is 0 Å². The third-order valence-electron chi connectivity index (χ3n) is 6.09. The first-order valence-electron chi connectivity index (χ1n) is 10.3. The van der Waals surface area contributed by atoms with E-state index in [0.717, 1.165) is 26.1 Å². The SMILES string of the molecule is Cc1cc(=O)cc(C(=O)N2CCC3(CC2)CC(CN2CCCC2)OC3=O)o1.O=CO. The second kappa shape index (κ2) is 9.42. The van der Waals surface area contributed by atoms with E-state index < -0.39 is 5.41 Å². The highest BCUT2D eigenvalue weighted by Crippen LogP contribution is 2.43. The lowest BCUT2D eigenvalue weighted by Crippen LogP contribution is -2.45. The van der Waals surface area contributed by atoms with E-state index in [2.05, 4.69) is 4.90 Å². The Morgan fingerprint density at radius 2 is 1.83 bits per heavy atom. The number of hydrogen-bond acceptors (Lipinski definition) is 7. The highest BCUT2D eigenvalue weighted by molar-refractivity contribution is 5.91. The van der Waals surface area contributed by atoms with Crippen molar-refractivity contribution < 1.29 is 28.6 Å². The Labute approximate surface area is 174 Å². The molecule has 3 fully saturated rings. The van der Waals surface area contributed by atoms with E-state index in [-0.39, 0.29) is 35.6 Å². The first-order valence-corrected chi connectivity index (χ1v) is 10.3. The average Bonchev–Trinajstić information content (AvgIpc) is 3.30. The summed E-state index contributed by atoms with van der Waals surface area (Å²) in [5.41, 5.74) is -0.700. The number of cyclic esters (lactones) is 1. The third kappa shape index (κ3) is 4.89. The van der Waals surface area contributed by atoms with Gasteiger partial charge in [0.25, 0.3) is 12.4 Å². The Hall–Kier alpha value is -2.68. The van der Waals surface area contributed by atoms with Crippen LogP contribution in [0, 0.1) is 12.3 Å². The van der Waals surface area contributed by atoms with Gasteiger partial charge in [-0.3, -0.25) is 24.1 Å². The molecule has 0 bridgehead atoms. The Kier molecular flexibility index (Phi) is 6.91. The average molecular weight is 420 g/mol. The fourth-order valence-corrected chi connectivity index (χ4v) is 4.60. The number of esters is 1. The third-order valence-corrected chi connectivity index (χ3v) is 6.09. The van der Waals surface area contributed by atoms with Crippen LogP contribution in [0.5, 0.6) is 0 Å². The molecule has 164 valence electrons. The lowest BCUT2D eigenvalue weighted by molar-refractivity contribution is -0.151. The highest BCUT2D eigenvalue weighted by atomic mass is 16.6. The minimum atomic E-state index is -0.464. The van der Waals surface area contributed by atoms with Crippen molar-refractivity contribution in [2.75, 3.05) is 32.7 Å². The number of ether oxygens (including phenoxy) is 1. The predicted octanol–water partition coefficient (Wildman–Crippen LogP) is 1.28. The van der Waals surface area contributed by atoms with Gasteiger partial charge in [0, 0.05) is 38.2 Å². The molecule has 4 rings (SSSR count). The molecule has 3 aliphatic heterocycles. The molecule has 1 aromatic rings. The van der Waals surface area contributed by atoms with E-state index in [9.17, 15) is 14.4 Å². The molecule has 9 heteroatoms. The van der Waals surface area contributed by atoms with Crippen LogP contribution >= 0.6 is 0 Å². The standard InChI is InChI=1S/C20H26N2O5.CH2O2/c1-14-10-15(23)11-17(26-14)18(24)22-8-4-20(5-9-22)12-16(27-19(20)25)13-21-6-2-3-7-21;2-1-3/h10-11,16H,2-9,12-13H2,1H3;1H,(H,2,3). The second-order valence-corrected chi connectivity index (χ2v) is 8.19. The number of carboxylic acid groups (broad SMARTS) is 1. The van der Waals surface area contributed by atoms with Gasteiger partial charge in [-0.15, -0.1) is 0 Å². The number of aryl methyl sites for hydroxylation is 1. The molecule has 0 aliphatic carbocycles. The minimum absolute atomic E-state index is 0.0346. The Balaban J connectivity index is 0.000000806. The number of rotatable bonds is 3. The summed E-state index contributed by atoms with van der Waals surface area (Å²) >= 11 is 0. The van der Waals surface area contributed by atoms with Crippen LogP contribution in [0.15, 0.2) is 21.3 Å². The van der Waals surface area contributed by atoms with Crippen molar-refractivity contribution >= 4 is 18.3 Å². The van der Waals surface area contributed by atoms with Gasteiger partial charge in [0.15, 0.2) is 11.2 Å². The van der Waals surface area contributed by atoms with Gasteiger partial charge in [0.1, 0.15) is 11.9 Å². The summed E-state index contributed by atoms with van der Waals surface area (Å²) in [5.74, 6) is 0.0897. The number of amides is 1. The van der Waals surface area contributed by atoms with E-state index >= 15 is 0 Å². The second-order valence-electron chi connectivity index (χ2n) is 8.19. The summed E-state index contributed by atoms with van der Waals surface area (Å²) < 4.78 is 11.1. The molecule has 1 atom stereocenters. The molecular weight excluding hydrogens is 392 g/mol. The smallest absolute Gasteiger partial charge is 0.312 e. The lowest BCUT2D eigenvalue weighted by Gasteiger charge is -2.36. The van der Waals surface area contributed by atoms with Gasteiger partial charge in [-0.2, -0.15) is 0 Å². The summed E-state index contributed by atoms with van der Waals surface area (Å²) in [6.45, 7) is 5.35. The summed E-state index contributed by atoms with van der Waals surface area (Å²) in [7, 11) is 0. The van der Waals surface area contributed by atoms with Gasteiger partial charge in [0.05, 0.1) is 5.41 Å². The van der Waals surface area contributed by atoms with E-state index in [1.165, 1.54) is 25.0 Å². The molecule has 9 nitrogen and oxygen atoms in total. The van der Waals surface area contributed by atoms with Crippen LogP contribution in [0.1, 0.15) is 48.4 Å². The fraction of sp³-hybridized carbons (Fsp3) is 0.619. The summed E-state index contributed by atoms with van der Waals surface area (Å²) in [4.78, 5) is 49.3. The van der Waals surface area contributed by atoms with Crippen LogP contribution in [0.4, 0.5) is 0 Å². The van der Waals surface area contributed by atoms with Gasteiger partial charge in [0.2, 0.25) is 0 Å². The quantitative estimate of drug-likeness (QED) is 0.574. The van der Waals surface area contributed by atoms with Crippen molar-refractivity contribution in [3.63, 3.8) is 0 Å². The van der Waals surface area contributed by atoms with E-state index in [0.29, 0.717) is 31.7 Å². The molecule has 1 unspecified atom stereocenters. The minimum Gasteiger partial charge on any atom is -0.483 e. The van der Waals surface area contributed by atoms with Crippen LogP contribution in [-0.4, -0.2) is 72.1 Å². The number of nitrogens with zero attached hydrogens (tertiary/aromatic N) is 2. The topological polar surface area (TPSA) is 117 Å². The van der Waals surface area contributed by atoms with E-state index in [4.69, 9.17) is 19.1 Å². The van der Waals surface area contributed by atoms with Crippen LogP contribution in [0.2, 0.25) is 0 Å². The molecular formula is C21H28N2O7. The molecule has 30 heavy (non-hydrogen) atoms. The molecule has 0 saturated carbocycles. The van der Waals surface area contributed by atoms with E-state index in [1.54, 1.807) is 11.8 Å². The first-order chi connectivity index (χ1) is 14.4. The van der Waals surface area contributed by atoms with Crippen molar-refractivity contribution in [2.45, 2.75) is 45.1 Å². The van der Waals surface area contributed by atoms with Gasteiger partial charge in [-0.1, -0.05) is 0 Å². The van der Waals surface area contributed by atoms with Crippen molar-refractivity contribution in [1.29, 1.82) is 0 Å². The maximum absolute atomic E-state index is 12.7. The van der Waals surface area contributed by atoms with Crippen molar-refractivity contribution in [1.82, 2.24) is 9.80 Å². The number of likely N-dealkylation sites (tertiary alicyclic amines) is 2. The highest BCUT2D eigenvalue weighted by Gasteiger charge is 2.51. The number of carbonyl (C=O) groups excluding carboxylic acids is 2. The predicted molar refractivity (Wildman–Crippen MR) is 106 cm³/mol. The maximum atomic E-state index is 12.7. The van der Waals surface area contributed by atoms with Gasteiger partial charge < -0.3 is 19.2 Å². The zero-order chi connectivity index (χ0) is 21.7. The lowest BCUT2D eigenvalue weighted by atomic mass is 9.76. The Morgan fingerprint density at radius 1 is 1.20 bits per heavy atom. The largest absolute Gasteiger partial charge is 0.483 e. The fourth-order valence-electron chi connectivity index (χ4n) is 4.60. The van der Waals surface area contributed by atoms with Crippen LogP contribution in [0.3, 0.4) is 0 Å². The van der Waals surface area contributed by atoms with Crippen LogP contribution in [0.25, 0.3) is 0 Å². The number of piperidine rings is 1. The molecule has 0 aromatic carbocycles. The summed E-state index contributed by atoms with van der Waals surface area (Å²) in [6.07, 6.45) is 4.35. The van der Waals surface area contributed by atoms with Crippen LogP contribution in [-0.2, 0) is 14.3 Å². The zero-order valence-electron chi connectivity index (χ0n) is 17.2. The molecule has 1 amide bonds. The summed E-state index contributed by atoms with van der Waals surface area (Å²) in [5, 5.41) is 6.89. The number of carbonyl (C=O) groups is 3. The monoisotopic (exact) mass is 420 g/mol. The van der Waals surface area contributed by atoms with Gasteiger partial charge in [-0.25, -0.2) is 0 Å². The van der Waals surface area contributed by atoms with Crippen LogP contribution < -0.4 is 5.43 Å². The molecule has 0 radical (unpaired) electrons. The molecule has 3 saturated heterocycles. The zero-order valence-corrected chi connectivity index (χ0v) is 17.2. The number of hydrogen-bond donors (Lipinski definition) is 1. The van der Waals surface area contributed by atoms with Gasteiger partial charge >= 0.3 is 5.97 Å². The first kappa shape index (κ1) is 22.0. The van der Waals surface area contributed by atoms with Crippen molar-refractivity contribution in [3.8, 4) is 0 Å². The maximum Gasteiger partial charge on any atom is 0.312 e. The van der Waals surface area contributed by atoms with Gasteiger partial charge in [-0.05, 0) is 45.7 Å². The molecule has 1 aromatic heterocycles.